The quantitative estimate of drug-likeness (QED) is 0.327. The summed E-state index contributed by atoms with van der Waals surface area (Å²) in [6.07, 6.45) is 2.81. The number of hydrogen-bond donors (Lipinski definition) is 4. The van der Waals surface area contributed by atoms with E-state index in [1.165, 1.54) is 0 Å². The summed E-state index contributed by atoms with van der Waals surface area (Å²) in [4.78, 5) is 16.9. The Kier molecular flexibility index (Phi) is 5.56. The van der Waals surface area contributed by atoms with Gasteiger partial charge in [0.05, 0.1) is 6.54 Å². The summed E-state index contributed by atoms with van der Waals surface area (Å²) >= 11 is 5.64. The molecule has 1 aliphatic heterocycles. The van der Waals surface area contributed by atoms with E-state index in [9.17, 15) is 0 Å². The lowest BCUT2D eigenvalue weighted by Gasteiger charge is -2.12. The molecule has 2 heterocycles. The van der Waals surface area contributed by atoms with Crippen molar-refractivity contribution in [3.8, 4) is 0 Å². The van der Waals surface area contributed by atoms with Gasteiger partial charge in [0.2, 0.25) is 5.82 Å². The Morgan fingerprint density at radius 3 is 2.96 bits per heavy atom. The normalized spacial score (nSPS) is 17.4. The number of alkyl halides is 1. The first kappa shape index (κ1) is 16.8. The number of rotatable bonds is 5. The maximum Gasteiger partial charge on any atom is 0.304 e. The standard InChI is InChI=1S/C14H17ClN8/c1-8-9(3-2-5-19-8)11(17)21-13-10(7-16)12(20-6-4-15)22-14(18)23-13/h2-3,5,7,16H,4,6H2,1H3,(H5,17,18,20,21,22,23)/p+1. The van der Waals surface area contributed by atoms with Gasteiger partial charge in [-0.1, -0.05) is 0 Å². The van der Waals surface area contributed by atoms with Crippen LogP contribution in [-0.4, -0.2) is 41.3 Å². The van der Waals surface area contributed by atoms with Crippen molar-refractivity contribution in [3.63, 3.8) is 0 Å². The van der Waals surface area contributed by atoms with Crippen LogP contribution in [0.5, 0.6) is 0 Å². The third-order valence-corrected chi connectivity index (χ3v) is 3.22. The molecule has 0 aliphatic carbocycles. The second-order valence-corrected chi connectivity index (χ2v) is 5.03. The molecule has 1 aromatic rings. The summed E-state index contributed by atoms with van der Waals surface area (Å²) in [5.74, 6) is 1.64. The molecule has 7 N–H and O–H groups in total. The molecule has 0 radical (unpaired) electrons. The highest BCUT2D eigenvalue weighted by Gasteiger charge is 2.23. The van der Waals surface area contributed by atoms with Crippen LogP contribution in [0.15, 0.2) is 44.7 Å². The first-order valence-corrected chi connectivity index (χ1v) is 7.41. The van der Waals surface area contributed by atoms with Crippen LogP contribution in [0.1, 0.15) is 11.3 Å². The van der Waals surface area contributed by atoms with Crippen molar-refractivity contribution in [1.82, 2.24) is 4.98 Å². The summed E-state index contributed by atoms with van der Waals surface area (Å²) in [7, 11) is 0. The summed E-state index contributed by atoms with van der Waals surface area (Å²) < 4.78 is 0. The lowest BCUT2D eigenvalue weighted by Crippen LogP contribution is -2.90. The zero-order valence-corrected chi connectivity index (χ0v) is 13.4. The predicted octanol–water partition coefficient (Wildman–Crippen LogP) is -0.515. The van der Waals surface area contributed by atoms with Crippen molar-refractivity contribution in [1.29, 1.82) is 5.41 Å². The van der Waals surface area contributed by atoms with Crippen LogP contribution in [0.2, 0.25) is 0 Å². The number of hydrogen-bond acceptors (Lipinski definition) is 5. The minimum atomic E-state index is 0.249. The lowest BCUT2D eigenvalue weighted by atomic mass is 10.2. The molecule has 0 fully saturated rings. The highest BCUT2D eigenvalue weighted by atomic mass is 35.5. The Hall–Kier alpha value is -2.58. The molecule has 0 bridgehead atoms. The number of nitrogens with one attached hydrogen (secondary N) is 1. The zero-order chi connectivity index (χ0) is 16.8. The molecule has 120 valence electrons. The molecule has 8 nitrogen and oxygen atoms in total. The topological polar surface area (TPSA) is 142 Å². The van der Waals surface area contributed by atoms with Gasteiger partial charge in [-0.15, -0.1) is 11.6 Å². The molecule has 1 aliphatic rings. The van der Waals surface area contributed by atoms with Gasteiger partial charge < -0.3 is 16.9 Å². The molecular formula is C14H18ClN8+. The first-order valence-electron chi connectivity index (χ1n) is 6.87. The van der Waals surface area contributed by atoms with Gasteiger partial charge in [0.15, 0.2) is 5.84 Å². The second-order valence-electron chi connectivity index (χ2n) is 4.65. The smallest absolute Gasteiger partial charge is 0.304 e. The monoisotopic (exact) mass is 333 g/mol. The lowest BCUT2D eigenvalue weighted by molar-refractivity contribution is -0.488. The first-order chi connectivity index (χ1) is 11.1. The summed E-state index contributed by atoms with van der Waals surface area (Å²) in [5.41, 5.74) is 13.8. The molecule has 2 rings (SSSR count). The number of halogens is 1. The van der Waals surface area contributed by atoms with E-state index in [4.69, 9.17) is 28.5 Å². The van der Waals surface area contributed by atoms with Crippen LogP contribution >= 0.6 is 11.6 Å². The number of nitrogens with zero attached hydrogens (tertiary/aromatic N) is 4. The fourth-order valence-corrected chi connectivity index (χ4v) is 2.08. The highest BCUT2D eigenvalue weighted by molar-refractivity contribution is 6.20. The number of nitrogens with two attached hydrogens (primary N) is 3. The number of guanidine groups is 1. The van der Waals surface area contributed by atoms with Gasteiger partial charge >= 0.3 is 5.96 Å². The molecule has 0 saturated heterocycles. The minimum Gasteiger partial charge on any atom is -0.383 e. The van der Waals surface area contributed by atoms with E-state index >= 15 is 0 Å². The predicted molar refractivity (Wildman–Crippen MR) is 92.1 cm³/mol. The van der Waals surface area contributed by atoms with E-state index in [-0.39, 0.29) is 11.8 Å². The van der Waals surface area contributed by atoms with Crippen molar-refractivity contribution < 1.29 is 5.32 Å². The van der Waals surface area contributed by atoms with Crippen LogP contribution in [0.4, 0.5) is 0 Å². The fourth-order valence-electron chi connectivity index (χ4n) is 1.99. The Morgan fingerprint density at radius 1 is 1.52 bits per heavy atom. The Labute approximate surface area is 138 Å². The van der Waals surface area contributed by atoms with E-state index in [2.05, 4.69) is 20.0 Å². The largest absolute Gasteiger partial charge is 0.383 e. The average Bonchev–Trinajstić information content (AvgIpc) is 2.53. The van der Waals surface area contributed by atoms with Crippen LogP contribution < -0.4 is 16.8 Å². The van der Waals surface area contributed by atoms with E-state index < -0.39 is 0 Å². The van der Waals surface area contributed by atoms with Crippen molar-refractivity contribution in [2.75, 3.05) is 12.4 Å². The van der Waals surface area contributed by atoms with Crippen molar-refractivity contribution in [2.24, 2.45) is 26.4 Å². The third kappa shape index (κ3) is 3.99. The van der Waals surface area contributed by atoms with E-state index in [1.807, 2.05) is 13.0 Å². The number of aromatic nitrogens is 1. The van der Waals surface area contributed by atoms with Crippen LogP contribution in [0, 0.1) is 12.3 Å². The fraction of sp³-hybridized carbons (Fsp3) is 0.214. The number of quaternary nitrogens is 1. The molecule has 0 amide bonds. The van der Waals surface area contributed by atoms with E-state index in [0.717, 1.165) is 17.5 Å². The third-order valence-electron chi connectivity index (χ3n) is 3.05. The van der Waals surface area contributed by atoms with Gasteiger partial charge in [-0.25, -0.2) is 5.32 Å². The van der Waals surface area contributed by atoms with E-state index in [0.29, 0.717) is 29.7 Å². The van der Waals surface area contributed by atoms with Gasteiger partial charge in [0.25, 0.3) is 0 Å². The van der Waals surface area contributed by atoms with Crippen LogP contribution in [0.3, 0.4) is 0 Å². The SMILES string of the molecule is Cc1ncccc1/C(N)=N/C1=C(C=N)C(=NCCCl)N=C(N)[NH2+]1. The Balaban J connectivity index is 2.46. The summed E-state index contributed by atoms with van der Waals surface area (Å²) in [5, 5.41) is 9.16. The van der Waals surface area contributed by atoms with Gasteiger partial charge in [-0.05, 0) is 19.1 Å². The Bertz CT molecular complexity index is 732. The van der Waals surface area contributed by atoms with Gasteiger partial charge in [-0.3, -0.25) is 9.98 Å². The number of amidine groups is 2. The molecular weight excluding hydrogens is 316 g/mol. The number of pyridine rings is 1. The minimum absolute atomic E-state index is 0.249. The molecule has 9 heteroatoms. The van der Waals surface area contributed by atoms with Crippen molar-refractivity contribution in [3.05, 3.63) is 41.0 Å². The van der Waals surface area contributed by atoms with Gasteiger partial charge in [-0.2, -0.15) is 9.98 Å². The van der Waals surface area contributed by atoms with Crippen LogP contribution in [0.25, 0.3) is 0 Å². The molecule has 0 unspecified atom stereocenters. The highest BCUT2D eigenvalue weighted by Crippen LogP contribution is 2.09. The van der Waals surface area contributed by atoms with E-state index in [1.54, 1.807) is 17.6 Å². The van der Waals surface area contributed by atoms with Crippen molar-refractivity contribution in [2.45, 2.75) is 6.92 Å². The molecule has 1 aromatic heterocycles. The van der Waals surface area contributed by atoms with Gasteiger partial charge in [0.1, 0.15) is 11.4 Å². The molecule has 0 aromatic carbocycles. The molecule has 23 heavy (non-hydrogen) atoms. The molecule has 0 spiro atoms. The maximum atomic E-state index is 7.60. The maximum absolute atomic E-state index is 7.60. The molecule has 0 saturated carbocycles. The van der Waals surface area contributed by atoms with Crippen molar-refractivity contribution >= 4 is 35.4 Å². The number of aryl methyl sites for hydroxylation is 1. The average molecular weight is 334 g/mol. The zero-order valence-electron chi connectivity index (χ0n) is 12.6. The number of aliphatic imine (C=N–C) groups is 3. The van der Waals surface area contributed by atoms with Gasteiger partial charge in [0, 0.05) is 29.5 Å². The Morgan fingerprint density at radius 2 is 2.30 bits per heavy atom. The molecule has 0 atom stereocenters. The summed E-state index contributed by atoms with van der Waals surface area (Å²) in [6, 6.07) is 3.61. The second kappa shape index (κ2) is 7.61. The van der Waals surface area contributed by atoms with Crippen LogP contribution in [-0.2, 0) is 0 Å². The summed E-state index contributed by atoms with van der Waals surface area (Å²) in [6.45, 7) is 2.22.